The summed E-state index contributed by atoms with van der Waals surface area (Å²) in [4.78, 5) is 69.4. The molecule has 115 heavy (non-hydrogen) atoms. The van der Waals surface area contributed by atoms with E-state index in [4.69, 9.17) is 25.1 Å². The summed E-state index contributed by atoms with van der Waals surface area (Å²) < 4.78 is 95.9. The number of rotatable bonds is 17. The van der Waals surface area contributed by atoms with Gasteiger partial charge in [-0.15, -0.1) is 0 Å². The Kier molecular flexibility index (Phi) is 66.1. The number of nitrogens with two attached hydrogens (primary N) is 1. The van der Waals surface area contributed by atoms with E-state index < -0.39 is 87.1 Å². The van der Waals surface area contributed by atoms with Gasteiger partial charge >= 0.3 is 36.8 Å². The first-order valence-corrected chi connectivity index (χ1v) is 69.8. The molecule has 0 saturated heterocycles. The van der Waals surface area contributed by atoms with Crippen molar-refractivity contribution in [2.45, 2.75) is 85.7 Å². The van der Waals surface area contributed by atoms with Crippen LogP contribution in [0.5, 0.6) is 0 Å². The second-order valence-corrected chi connectivity index (χ2v) is 67.3. The Labute approximate surface area is 772 Å². The molecule has 4 N–H and O–H groups in total. The number of ether oxygens (including phenoxy) is 3. The molecular weight excluding hydrogens is 2130 g/mol. The molecule has 3 aliphatic heterocycles. The summed E-state index contributed by atoms with van der Waals surface area (Å²) >= 11 is 27.9. The second-order valence-electron chi connectivity index (χ2n) is 19.2. The molecule has 0 spiro atoms. The van der Waals surface area contributed by atoms with Crippen molar-refractivity contribution in [3.05, 3.63) is 199 Å². The molecule has 4 aromatic carbocycles. The number of carbonyl (C=O) groups excluding carboxylic acids is 2. The van der Waals surface area contributed by atoms with E-state index in [0.29, 0.717) is 5.82 Å². The molecule has 0 amide bonds. The average molecular weight is 2190 g/mol. The maximum absolute atomic E-state index is 13.4. The summed E-state index contributed by atoms with van der Waals surface area (Å²) in [5.41, 5.74) is 6.47. The zero-order valence-electron chi connectivity index (χ0n) is 58.4. The fraction of sp³-hybridized carbons (Fsp3) is 0.283. The number of sulfonamides is 3. The minimum Gasteiger partial charge on any atom is -0.870 e. The zero-order valence-corrected chi connectivity index (χ0v) is 85.3. The number of esters is 2. The fourth-order valence-corrected chi connectivity index (χ4v) is 62.3. The molecular formula is C53H59LiN8O20S33. The van der Waals surface area contributed by atoms with Gasteiger partial charge in [0.05, 0.1) is 49.3 Å². The SMILES string of the molecule is CCOC(=O)[C@@H]1CC=CC(OCc2ccccc2)N1S(=O)(=O)c1ccc([N+](=O)[O-])cc1.CCOC(=O)[C@@H]1CC=CCN1S(=O)(=O)c1ccc([N+](=O)[O-])cc1.Cc1cccc(N)n1.O=C(O)[C@@H]1CC=CCN1S(=O)(=O)c1ccc([N+](=O)[O-])cc1.S=S=S=S=S=S=S=S=S.S=S=S=S=S=S=S=S=S=S.S=S=S=S=S=S=S=S=S=S=S.[Li+].[OH-]. The summed E-state index contributed by atoms with van der Waals surface area (Å²) in [5.74, 6) is -1.94. The van der Waals surface area contributed by atoms with Gasteiger partial charge in [0.15, 0.2) is 0 Å². The van der Waals surface area contributed by atoms with Gasteiger partial charge in [-0.1, -0.05) is 66.8 Å². The van der Waals surface area contributed by atoms with Gasteiger partial charge in [0.1, 0.15) is 30.2 Å². The summed E-state index contributed by atoms with van der Waals surface area (Å²) in [6.45, 7) is 5.57. The number of carbonyl (C=O) groups is 3. The smallest absolute Gasteiger partial charge is 0.870 e. The zero-order chi connectivity index (χ0) is 84.0. The maximum atomic E-state index is 13.4. The van der Waals surface area contributed by atoms with E-state index in [1.165, 1.54) is 53.3 Å². The van der Waals surface area contributed by atoms with Crippen LogP contribution in [0.3, 0.4) is 0 Å². The molecule has 4 heterocycles. The molecule has 8 rings (SSSR count). The Balaban J connectivity index is 0.00000139. The summed E-state index contributed by atoms with van der Waals surface area (Å²) in [5, 5.41) is 41.2. The first-order valence-electron chi connectivity index (χ1n) is 29.5. The summed E-state index contributed by atoms with van der Waals surface area (Å²) in [6, 6.07) is 24.9. The quantitative estimate of drug-likeness (QED) is 0.0443. The molecule has 630 valence electrons. The molecule has 1 unspecified atom stereocenters. The van der Waals surface area contributed by atoms with Gasteiger partial charge in [-0.25, -0.2) is 30.2 Å². The van der Waals surface area contributed by atoms with Crippen LogP contribution < -0.4 is 24.6 Å². The summed E-state index contributed by atoms with van der Waals surface area (Å²) in [6.07, 6.45) is 9.19. The number of non-ortho nitro benzene ring substituents is 3. The van der Waals surface area contributed by atoms with Gasteiger partial charge in [0.2, 0.25) is 30.1 Å². The molecule has 3 aliphatic rings. The van der Waals surface area contributed by atoms with Crippen molar-refractivity contribution in [3.63, 3.8) is 0 Å². The van der Waals surface area contributed by atoms with Crippen LogP contribution in [0.2, 0.25) is 0 Å². The van der Waals surface area contributed by atoms with Crippen LogP contribution in [0, 0.1) is 37.3 Å². The van der Waals surface area contributed by atoms with Crippen LogP contribution in [0.4, 0.5) is 22.9 Å². The normalized spacial score (nSPS) is 14.8. The number of aromatic nitrogens is 1. The largest absolute Gasteiger partial charge is 1.00 e. The maximum Gasteiger partial charge on any atom is 1.00 e. The number of benzene rings is 4. The number of aliphatic carboxylic acids is 1. The number of pyridine rings is 1. The number of carboxylic acids is 1. The molecule has 1 aromatic heterocycles. The Hall–Kier alpha value is -1.49. The Morgan fingerprint density at radius 1 is 0.478 bits per heavy atom. The standard InChI is InChI=1S/C21H22N2O7S.C14H16N2O6S.C12H12N2O6S.C6H8N2.Li.H2O.S11.S10.S9/c1-2-29-21(24)19-9-6-10-20(30-15-16-7-4-3-5-8-16)22(19)31(27,28)18-13-11-17(12-14-18)23(25)26;1-2-22-14(17)13-5-3-4-10-15(13)23(20,21)12-8-6-11(7-9-12)16(18)19;15-12(16)11-3-1-2-8-13(11)21(19,20)10-6-4-9(5-7-10)14(17)18;1-5-3-2-4-6(7)8-5;;;1-3-5-7-9-11-10-8-6-4-2;1-3-5-7-9-10-8-6-4-2;1-3-5-7-9-8-6-4-2/h3-8,10-14,19-20H,2,9,15H2,1H3;3-4,6-9,13H,2,5,10H2,1H3;1-2,4-7,11H,3,8H2,(H,15,16);2-4H,1H3,(H2,7,8);;1H2;;;/q;;;;+1;;;;/p-1/t19-,20?;13-;11-;;;;;;/m000....../s1. The Bertz CT molecular complexity index is 5670. The molecule has 0 fully saturated rings. The first-order chi connectivity index (χ1) is 54.1. The van der Waals surface area contributed by atoms with E-state index >= 15 is 0 Å². The van der Waals surface area contributed by atoms with Crippen LogP contribution in [-0.2, 0) is 346 Å². The van der Waals surface area contributed by atoms with Gasteiger partial charge < -0.3 is 30.5 Å². The van der Waals surface area contributed by atoms with Crippen molar-refractivity contribution in [1.29, 1.82) is 0 Å². The number of aryl methyl sites for hydroxylation is 1. The van der Waals surface area contributed by atoms with E-state index in [0.717, 1.165) is 97.0 Å². The van der Waals surface area contributed by atoms with E-state index in [2.05, 4.69) is 72.1 Å². The number of nitrogen functional groups attached to an aromatic ring is 1. The van der Waals surface area contributed by atoms with Crippen LogP contribution in [-0.4, -0.2) is 137 Å². The Morgan fingerprint density at radius 2 is 0.809 bits per heavy atom. The van der Waals surface area contributed by atoms with Gasteiger partial charge in [0.25, 0.3) is 17.1 Å². The van der Waals surface area contributed by atoms with E-state index in [-0.39, 0.29) is 108 Å². The fourth-order valence-electron chi connectivity index (χ4n) is 8.20. The third-order valence-corrected chi connectivity index (χ3v) is 65.0. The number of carboxylic acid groups (broad SMARTS) is 1. The number of nitro groups is 3. The number of nitrogens with zero attached hydrogens (tertiary/aromatic N) is 7. The molecule has 0 radical (unpaired) electrons. The molecule has 28 nitrogen and oxygen atoms in total. The van der Waals surface area contributed by atoms with Gasteiger partial charge in [0, 0.05) is 335 Å². The van der Waals surface area contributed by atoms with Crippen LogP contribution in [0.25, 0.3) is 0 Å². The number of hydrogen-bond donors (Lipinski definition) is 2. The molecule has 0 aliphatic carbocycles. The van der Waals surface area contributed by atoms with Gasteiger partial charge in [-0.3, -0.25) is 44.7 Å². The summed E-state index contributed by atoms with van der Waals surface area (Å²) in [7, 11) is 25.9. The third-order valence-electron chi connectivity index (χ3n) is 12.6. The average Bonchev–Trinajstić information content (AvgIpc) is 0.789. The van der Waals surface area contributed by atoms with Crippen molar-refractivity contribution in [2.24, 2.45) is 0 Å². The molecule has 0 saturated carbocycles. The van der Waals surface area contributed by atoms with Crippen LogP contribution in [0.15, 0.2) is 172 Å². The molecule has 62 heteroatoms. The molecule has 5 aromatic rings. The van der Waals surface area contributed by atoms with Crippen molar-refractivity contribution in [2.75, 3.05) is 32.0 Å². The van der Waals surface area contributed by atoms with Crippen molar-refractivity contribution in [1.82, 2.24) is 17.9 Å². The predicted octanol–water partition coefficient (Wildman–Crippen LogP) is 3.22. The van der Waals surface area contributed by atoms with Crippen molar-refractivity contribution >= 4 is 351 Å². The van der Waals surface area contributed by atoms with E-state index in [1.54, 1.807) is 216 Å². The van der Waals surface area contributed by atoms with E-state index in [9.17, 15) is 70.0 Å². The monoisotopic (exact) mass is 2190 g/mol. The van der Waals surface area contributed by atoms with Gasteiger partial charge in [-0.05, 0) is 100 Å². The molecule has 4 atom stereocenters. The van der Waals surface area contributed by atoms with Crippen molar-refractivity contribution < 1.29 is 98.1 Å². The minimum absolute atomic E-state index is 0. The second kappa shape index (κ2) is 67.0. The third kappa shape index (κ3) is 45.1. The predicted molar refractivity (Wildman–Crippen MR) is 521 cm³/mol. The number of hydrogen-bond acceptors (Lipinski definition) is 27. The number of nitro benzene ring substituents is 3. The Morgan fingerprint density at radius 3 is 1.13 bits per heavy atom. The van der Waals surface area contributed by atoms with Crippen molar-refractivity contribution in [3.8, 4) is 0 Å². The van der Waals surface area contributed by atoms with Crippen LogP contribution >= 0.6 is 0 Å². The minimum atomic E-state index is -4.24. The van der Waals surface area contributed by atoms with Gasteiger partial charge in [-0.2, -0.15) is 12.9 Å². The van der Waals surface area contributed by atoms with Crippen LogP contribution in [0.1, 0.15) is 44.4 Å². The van der Waals surface area contributed by atoms with E-state index in [1.807, 2.05) is 49.4 Å². The molecule has 0 bridgehead atoms. The number of anilines is 1. The topological polar surface area (TPSA) is 410 Å². The first kappa shape index (κ1) is 114.